The number of aromatic nitrogens is 1. The first-order valence-corrected chi connectivity index (χ1v) is 16.8. The second kappa shape index (κ2) is 13.3. The van der Waals surface area contributed by atoms with Crippen LogP contribution in [0.15, 0.2) is 35.1 Å². The summed E-state index contributed by atoms with van der Waals surface area (Å²) in [6.45, 7) is 19.6. The fourth-order valence-electron chi connectivity index (χ4n) is 7.47. The van der Waals surface area contributed by atoms with Crippen LogP contribution in [0, 0.1) is 5.82 Å². The third-order valence-corrected chi connectivity index (χ3v) is 9.76. The molecule has 2 saturated heterocycles. The Balaban J connectivity index is 1.43. The van der Waals surface area contributed by atoms with Gasteiger partial charge in [0.15, 0.2) is 0 Å². The average Bonchev–Trinajstić information content (AvgIpc) is 3.24. The van der Waals surface area contributed by atoms with Crippen molar-refractivity contribution in [3.8, 4) is 0 Å². The number of carbonyl (C=O) groups is 2. The van der Waals surface area contributed by atoms with Crippen LogP contribution in [0.4, 0.5) is 14.9 Å². The zero-order valence-corrected chi connectivity index (χ0v) is 29.5. The Morgan fingerprint density at radius 1 is 1.02 bits per heavy atom. The van der Waals surface area contributed by atoms with Crippen molar-refractivity contribution >= 4 is 17.7 Å². The number of piperazine rings is 1. The van der Waals surface area contributed by atoms with Gasteiger partial charge in [-0.3, -0.25) is 19.4 Å². The number of nitrogens with zero attached hydrogens (tertiary/aromatic N) is 5. The summed E-state index contributed by atoms with van der Waals surface area (Å²) in [5.74, 6) is -0.375. The SMILES string of the molecule is C[C@@H]1CN(CC(=O)N2CC(C)(C)c3c2cc(Cc2ccc(F)cc2)c(=O)n3C)[C@@H](CN2[C@H](C)COC[C@H]2C)CN1C(=O)OC(C)(C)C. The van der Waals surface area contributed by atoms with Crippen LogP contribution < -0.4 is 10.5 Å². The minimum atomic E-state index is -0.613. The predicted molar refractivity (Wildman–Crippen MR) is 180 cm³/mol. The van der Waals surface area contributed by atoms with Gasteiger partial charge in [0.1, 0.15) is 11.4 Å². The topological polar surface area (TPSA) is 87.6 Å². The number of hydrogen-bond acceptors (Lipinski definition) is 7. The van der Waals surface area contributed by atoms with Crippen molar-refractivity contribution in [1.82, 2.24) is 19.3 Å². The maximum absolute atomic E-state index is 14.4. The molecule has 0 radical (unpaired) electrons. The Morgan fingerprint density at radius 3 is 2.28 bits per heavy atom. The lowest BCUT2D eigenvalue weighted by molar-refractivity contribution is -0.122. The predicted octanol–water partition coefficient (Wildman–Crippen LogP) is 4.16. The smallest absolute Gasteiger partial charge is 0.410 e. The van der Waals surface area contributed by atoms with Gasteiger partial charge in [0.25, 0.3) is 5.56 Å². The molecule has 47 heavy (non-hydrogen) atoms. The molecule has 0 N–H and O–H groups in total. The molecular formula is C36H52FN5O5. The molecule has 4 atom stereocenters. The van der Waals surface area contributed by atoms with Gasteiger partial charge in [0.05, 0.1) is 31.1 Å². The lowest BCUT2D eigenvalue weighted by Crippen LogP contribution is -2.65. The van der Waals surface area contributed by atoms with Gasteiger partial charge in [-0.2, -0.15) is 0 Å². The molecule has 3 aliphatic rings. The highest BCUT2D eigenvalue weighted by Gasteiger charge is 2.44. The van der Waals surface area contributed by atoms with E-state index in [0.29, 0.717) is 51.4 Å². The van der Waals surface area contributed by atoms with Crippen molar-refractivity contribution in [3.63, 3.8) is 0 Å². The molecule has 0 unspecified atom stereocenters. The monoisotopic (exact) mass is 653 g/mol. The molecule has 2 aromatic rings. The van der Waals surface area contributed by atoms with E-state index < -0.39 is 11.0 Å². The highest BCUT2D eigenvalue weighted by Crippen LogP contribution is 2.40. The quantitative estimate of drug-likeness (QED) is 0.463. The van der Waals surface area contributed by atoms with E-state index >= 15 is 0 Å². The molecule has 3 aliphatic heterocycles. The molecule has 1 aromatic carbocycles. The maximum Gasteiger partial charge on any atom is 0.410 e. The van der Waals surface area contributed by atoms with Crippen LogP contribution in [0.25, 0.3) is 0 Å². The van der Waals surface area contributed by atoms with E-state index in [1.165, 1.54) is 12.1 Å². The number of pyridine rings is 1. The first kappa shape index (κ1) is 35.0. The molecule has 2 amide bonds. The third-order valence-electron chi connectivity index (χ3n) is 9.76. The van der Waals surface area contributed by atoms with E-state index in [2.05, 4.69) is 37.5 Å². The maximum atomic E-state index is 14.4. The van der Waals surface area contributed by atoms with Gasteiger partial charge in [0, 0.05) is 74.8 Å². The Hall–Kier alpha value is -3.28. The number of anilines is 1. The zero-order valence-electron chi connectivity index (χ0n) is 29.5. The fraction of sp³-hybridized carbons (Fsp3) is 0.639. The second-order valence-corrected chi connectivity index (χ2v) is 15.4. The molecule has 0 spiro atoms. The minimum absolute atomic E-state index is 0.0470. The van der Waals surface area contributed by atoms with Gasteiger partial charge in [-0.25, -0.2) is 9.18 Å². The first-order chi connectivity index (χ1) is 21.9. The average molecular weight is 654 g/mol. The van der Waals surface area contributed by atoms with Crippen LogP contribution >= 0.6 is 0 Å². The molecule has 10 nitrogen and oxygen atoms in total. The van der Waals surface area contributed by atoms with Crippen LogP contribution in [-0.2, 0) is 33.2 Å². The van der Waals surface area contributed by atoms with Gasteiger partial charge in [-0.1, -0.05) is 26.0 Å². The molecule has 4 heterocycles. The Morgan fingerprint density at radius 2 is 1.66 bits per heavy atom. The summed E-state index contributed by atoms with van der Waals surface area (Å²) >= 11 is 0. The number of ether oxygens (including phenoxy) is 2. The van der Waals surface area contributed by atoms with E-state index in [4.69, 9.17) is 9.47 Å². The summed E-state index contributed by atoms with van der Waals surface area (Å²) in [6.07, 6.45) is -0.000888. The Kier molecular flexibility index (Phi) is 9.93. The summed E-state index contributed by atoms with van der Waals surface area (Å²) in [4.78, 5) is 49.4. The molecule has 5 rings (SSSR count). The number of carbonyl (C=O) groups excluding carboxylic acids is 2. The lowest BCUT2D eigenvalue weighted by Gasteiger charge is -2.48. The highest BCUT2D eigenvalue weighted by molar-refractivity contribution is 5.97. The summed E-state index contributed by atoms with van der Waals surface area (Å²) in [7, 11) is 1.77. The number of morpholine rings is 1. The van der Waals surface area contributed by atoms with E-state index in [0.717, 1.165) is 16.9 Å². The van der Waals surface area contributed by atoms with Crippen molar-refractivity contribution < 1.29 is 23.5 Å². The van der Waals surface area contributed by atoms with Crippen molar-refractivity contribution in [3.05, 3.63) is 63.3 Å². The van der Waals surface area contributed by atoms with Crippen LogP contribution in [0.5, 0.6) is 0 Å². The fourth-order valence-corrected chi connectivity index (χ4v) is 7.47. The molecule has 0 saturated carbocycles. The molecular weight excluding hydrogens is 601 g/mol. The summed E-state index contributed by atoms with van der Waals surface area (Å²) < 4.78 is 26.8. The zero-order chi connectivity index (χ0) is 34.4. The molecule has 0 bridgehead atoms. The Labute approximate surface area is 278 Å². The van der Waals surface area contributed by atoms with E-state index in [-0.39, 0.29) is 54.1 Å². The van der Waals surface area contributed by atoms with Crippen LogP contribution in [0.2, 0.25) is 0 Å². The van der Waals surface area contributed by atoms with Gasteiger partial charge >= 0.3 is 6.09 Å². The van der Waals surface area contributed by atoms with Gasteiger partial charge in [-0.05, 0) is 65.3 Å². The standard InChI is InChI=1S/C36H52FN5O5/c1-23-16-39(29(17-40-24(2)20-46-21-25(40)3)18-41(23)34(45)47-35(4,5)6)19-31(43)42-22-36(7,8)32-30(42)15-27(33(44)38(32)9)14-26-10-12-28(37)13-11-26/h10-13,15,23-25,29H,14,16-22H2,1-9H3/t23-,24-,25-,29+/m1/s1. The molecule has 11 heteroatoms. The number of amides is 2. The minimum Gasteiger partial charge on any atom is -0.444 e. The normalized spacial score (nSPS) is 25.1. The number of fused-ring (bicyclic) bond motifs is 1. The number of hydrogen-bond donors (Lipinski definition) is 0. The Bertz CT molecular complexity index is 1520. The number of rotatable bonds is 6. The first-order valence-electron chi connectivity index (χ1n) is 16.8. The van der Waals surface area contributed by atoms with E-state index in [9.17, 15) is 18.8 Å². The van der Waals surface area contributed by atoms with Crippen LogP contribution in [0.1, 0.15) is 72.2 Å². The number of benzene rings is 1. The lowest BCUT2D eigenvalue weighted by atomic mass is 9.90. The van der Waals surface area contributed by atoms with Gasteiger partial charge in [-0.15, -0.1) is 0 Å². The van der Waals surface area contributed by atoms with Crippen molar-refractivity contribution in [2.75, 3.05) is 50.8 Å². The summed E-state index contributed by atoms with van der Waals surface area (Å²) in [6, 6.07) is 8.16. The number of halogens is 1. The molecule has 0 aliphatic carbocycles. The van der Waals surface area contributed by atoms with Crippen LogP contribution in [0.3, 0.4) is 0 Å². The molecule has 1 aromatic heterocycles. The summed E-state index contributed by atoms with van der Waals surface area (Å²) in [5, 5.41) is 0. The molecule has 258 valence electrons. The van der Waals surface area contributed by atoms with Gasteiger partial charge < -0.3 is 23.8 Å². The van der Waals surface area contributed by atoms with Crippen molar-refractivity contribution in [1.29, 1.82) is 0 Å². The summed E-state index contributed by atoms with van der Waals surface area (Å²) in [5.41, 5.74) is 1.79. The largest absolute Gasteiger partial charge is 0.444 e. The van der Waals surface area contributed by atoms with Crippen molar-refractivity contribution in [2.45, 2.75) is 97.0 Å². The van der Waals surface area contributed by atoms with E-state index in [1.807, 2.05) is 38.7 Å². The third kappa shape index (κ3) is 7.57. The van der Waals surface area contributed by atoms with Crippen LogP contribution in [-0.4, -0.2) is 107 Å². The molecule has 2 fully saturated rings. The van der Waals surface area contributed by atoms with Crippen molar-refractivity contribution in [2.24, 2.45) is 7.05 Å². The van der Waals surface area contributed by atoms with E-state index in [1.54, 1.807) is 28.6 Å². The van der Waals surface area contributed by atoms with Gasteiger partial charge in [0.2, 0.25) is 5.91 Å². The highest BCUT2D eigenvalue weighted by atomic mass is 19.1. The second-order valence-electron chi connectivity index (χ2n) is 15.4.